The SMILES string of the molecule is COC(=O)/C1=C\C=C(\C(C)C)CCC2=CCC[C@](C)(OC2=O)C(=O)CC1. The van der Waals surface area contributed by atoms with Crippen LogP contribution in [-0.2, 0) is 23.9 Å². The van der Waals surface area contributed by atoms with Gasteiger partial charge < -0.3 is 9.47 Å². The van der Waals surface area contributed by atoms with Gasteiger partial charge in [-0.15, -0.1) is 0 Å². The Morgan fingerprint density at radius 1 is 1.15 bits per heavy atom. The van der Waals surface area contributed by atoms with E-state index in [0.717, 1.165) is 5.57 Å². The summed E-state index contributed by atoms with van der Waals surface area (Å²) in [5.74, 6) is -0.715. The van der Waals surface area contributed by atoms with Crippen molar-refractivity contribution in [2.24, 2.45) is 5.92 Å². The third kappa shape index (κ3) is 4.71. The van der Waals surface area contributed by atoms with E-state index in [2.05, 4.69) is 13.8 Å². The molecule has 2 rings (SSSR count). The highest BCUT2D eigenvalue weighted by Gasteiger charge is 2.38. The molecule has 0 aromatic rings. The minimum Gasteiger partial charge on any atom is -0.466 e. The van der Waals surface area contributed by atoms with Crippen molar-refractivity contribution in [3.05, 3.63) is 34.9 Å². The summed E-state index contributed by atoms with van der Waals surface area (Å²) in [4.78, 5) is 37.3. The summed E-state index contributed by atoms with van der Waals surface area (Å²) in [6.45, 7) is 5.83. The minimum absolute atomic E-state index is 0.130. The molecule has 5 nitrogen and oxygen atoms in total. The molecule has 0 amide bonds. The second-order valence-electron chi connectivity index (χ2n) is 7.39. The minimum atomic E-state index is -1.14. The number of hydrogen-bond acceptors (Lipinski definition) is 5. The number of esters is 2. The molecule has 0 spiro atoms. The Morgan fingerprint density at radius 3 is 2.54 bits per heavy atom. The van der Waals surface area contributed by atoms with Crippen molar-refractivity contribution in [3.63, 3.8) is 0 Å². The molecule has 0 radical (unpaired) electrons. The van der Waals surface area contributed by atoms with Crippen LogP contribution in [0.15, 0.2) is 34.9 Å². The lowest BCUT2D eigenvalue weighted by molar-refractivity contribution is -0.162. The molecule has 2 aliphatic rings. The maximum absolute atomic E-state index is 12.7. The number of rotatable bonds is 2. The van der Waals surface area contributed by atoms with Gasteiger partial charge in [-0.1, -0.05) is 37.6 Å². The van der Waals surface area contributed by atoms with Crippen molar-refractivity contribution >= 4 is 17.7 Å². The summed E-state index contributed by atoms with van der Waals surface area (Å²) >= 11 is 0. The summed E-state index contributed by atoms with van der Waals surface area (Å²) in [7, 11) is 1.33. The Hall–Kier alpha value is -2.17. The third-order valence-corrected chi connectivity index (χ3v) is 5.17. The van der Waals surface area contributed by atoms with Gasteiger partial charge in [-0.05, 0) is 44.9 Å². The van der Waals surface area contributed by atoms with E-state index in [1.165, 1.54) is 7.11 Å². The maximum Gasteiger partial charge on any atom is 0.334 e. The lowest BCUT2D eigenvalue weighted by Gasteiger charge is -2.26. The van der Waals surface area contributed by atoms with Gasteiger partial charge in [0.15, 0.2) is 11.4 Å². The van der Waals surface area contributed by atoms with Crippen LogP contribution in [0.5, 0.6) is 0 Å². The highest BCUT2D eigenvalue weighted by Crippen LogP contribution is 2.30. The molecular formula is C21H28O5. The Kier molecular flexibility index (Phi) is 6.57. The van der Waals surface area contributed by atoms with Crippen LogP contribution in [0.25, 0.3) is 0 Å². The fourth-order valence-electron chi connectivity index (χ4n) is 3.28. The molecule has 0 N–H and O–H groups in total. The number of hydrogen-bond donors (Lipinski definition) is 0. The number of methoxy groups -OCH3 is 1. The van der Waals surface area contributed by atoms with E-state index in [1.54, 1.807) is 13.0 Å². The summed E-state index contributed by atoms with van der Waals surface area (Å²) in [6, 6.07) is 0. The normalized spacial score (nSPS) is 29.0. The van der Waals surface area contributed by atoms with Crippen LogP contribution < -0.4 is 0 Å². The Bertz CT molecular complexity index is 681. The van der Waals surface area contributed by atoms with Crippen molar-refractivity contribution in [2.75, 3.05) is 7.11 Å². The van der Waals surface area contributed by atoms with E-state index in [9.17, 15) is 14.4 Å². The zero-order valence-electron chi connectivity index (χ0n) is 16.1. The molecule has 0 fully saturated rings. The first kappa shape index (κ1) is 20.1. The van der Waals surface area contributed by atoms with Crippen LogP contribution in [-0.4, -0.2) is 30.4 Å². The fourth-order valence-corrected chi connectivity index (χ4v) is 3.28. The number of ketones is 1. The van der Waals surface area contributed by atoms with E-state index >= 15 is 0 Å². The average molecular weight is 360 g/mol. The molecule has 0 saturated carbocycles. The Morgan fingerprint density at radius 2 is 1.88 bits per heavy atom. The van der Waals surface area contributed by atoms with Crippen LogP contribution in [0.2, 0.25) is 0 Å². The van der Waals surface area contributed by atoms with Crippen molar-refractivity contribution < 1.29 is 23.9 Å². The van der Waals surface area contributed by atoms with Crippen molar-refractivity contribution in [1.29, 1.82) is 0 Å². The zero-order chi connectivity index (χ0) is 19.3. The Labute approximate surface area is 155 Å². The molecule has 0 aromatic heterocycles. The molecule has 0 saturated heterocycles. The van der Waals surface area contributed by atoms with Crippen molar-refractivity contribution in [2.45, 2.75) is 64.9 Å². The van der Waals surface area contributed by atoms with Crippen LogP contribution in [0.1, 0.15) is 59.3 Å². The molecular weight excluding hydrogens is 332 g/mol. The molecule has 142 valence electrons. The second-order valence-corrected chi connectivity index (χ2v) is 7.39. The van der Waals surface area contributed by atoms with E-state index in [4.69, 9.17) is 9.47 Å². The standard InChI is InChI=1S/C21H28O5/c1-14(2)15-7-9-16-6-5-13-21(3,26-20(16)24)18(22)12-11-17(10-8-15)19(23)25-4/h6,8,10,14H,5,7,9,11-13H2,1-4H3/b15-8+,17-10-/t21-/m0/s1. The van der Waals surface area contributed by atoms with Crippen molar-refractivity contribution in [1.82, 2.24) is 0 Å². The molecule has 26 heavy (non-hydrogen) atoms. The van der Waals surface area contributed by atoms with Crippen LogP contribution in [0, 0.1) is 5.92 Å². The first-order valence-corrected chi connectivity index (χ1v) is 9.20. The number of Topliss-reactive ketones (excluding diaryl/α,β-unsaturated/α-hetero) is 1. The monoisotopic (exact) mass is 360 g/mol. The van der Waals surface area contributed by atoms with Gasteiger partial charge in [0.25, 0.3) is 0 Å². The van der Waals surface area contributed by atoms with Crippen molar-refractivity contribution in [3.8, 4) is 0 Å². The maximum atomic E-state index is 12.7. The summed E-state index contributed by atoms with van der Waals surface area (Å²) in [5, 5.41) is 0. The molecule has 2 heterocycles. The number of fused-ring (bicyclic) bond motifs is 3. The van der Waals surface area contributed by atoms with Crippen LogP contribution >= 0.6 is 0 Å². The number of carbonyl (C=O) groups is 3. The number of allylic oxidation sites excluding steroid dienone is 4. The zero-order valence-corrected chi connectivity index (χ0v) is 16.1. The van der Waals surface area contributed by atoms with Gasteiger partial charge >= 0.3 is 11.9 Å². The summed E-state index contributed by atoms with van der Waals surface area (Å²) in [6.07, 6.45) is 8.33. The Balaban J connectivity index is 2.42. The molecule has 0 aliphatic carbocycles. The molecule has 2 aliphatic heterocycles. The number of carbonyl (C=O) groups excluding carboxylic acids is 3. The lowest BCUT2D eigenvalue weighted by atomic mass is 9.90. The van der Waals surface area contributed by atoms with E-state index in [-0.39, 0.29) is 24.5 Å². The third-order valence-electron chi connectivity index (χ3n) is 5.17. The summed E-state index contributed by atoms with van der Waals surface area (Å²) < 4.78 is 10.4. The van der Waals surface area contributed by atoms with E-state index in [0.29, 0.717) is 36.8 Å². The predicted octanol–water partition coefficient (Wildman–Crippen LogP) is 3.83. The highest BCUT2D eigenvalue weighted by atomic mass is 16.6. The topological polar surface area (TPSA) is 69.7 Å². The second kappa shape index (κ2) is 8.47. The van der Waals surface area contributed by atoms with E-state index in [1.807, 2.05) is 12.2 Å². The molecule has 5 heteroatoms. The molecule has 2 bridgehead atoms. The highest BCUT2D eigenvalue weighted by molar-refractivity contribution is 5.96. The van der Waals surface area contributed by atoms with Gasteiger partial charge in [0.2, 0.25) is 0 Å². The quantitative estimate of drug-likeness (QED) is 0.700. The predicted molar refractivity (Wildman–Crippen MR) is 98.3 cm³/mol. The van der Waals surface area contributed by atoms with Gasteiger partial charge in [0.05, 0.1) is 7.11 Å². The fraction of sp³-hybridized carbons (Fsp3) is 0.571. The van der Waals surface area contributed by atoms with Crippen LogP contribution in [0.3, 0.4) is 0 Å². The largest absolute Gasteiger partial charge is 0.466 e. The lowest BCUT2D eigenvalue weighted by Crippen LogP contribution is -2.40. The summed E-state index contributed by atoms with van der Waals surface area (Å²) in [5.41, 5.74) is 1.08. The molecule has 0 unspecified atom stereocenters. The van der Waals surface area contributed by atoms with Gasteiger partial charge in [-0.25, -0.2) is 9.59 Å². The first-order chi connectivity index (χ1) is 12.3. The molecule has 0 aromatic carbocycles. The van der Waals surface area contributed by atoms with E-state index < -0.39 is 17.5 Å². The number of ether oxygens (including phenoxy) is 2. The van der Waals surface area contributed by atoms with Crippen LogP contribution in [0.4, 0.5) is 0 Å². The van der Waals surface area contributed by atoms with Gasteiger partial charge in [-0.3, -0.25) is 4.79 Å². The van der Waals surface area contributed by atoms with Gasteiger partial charge in [0, 0.05) is 17.6 Å². The average Bonchev–Trinajstić information content (AvgIpc) is 2.74. The first-order valence-electron chi connectivity index (χ1n) is 9.20. The molecule has 1 atom stereocenters. The van der Waals surface area contributed by atoms with Gasteiger partial charge in [-0.2, -0.15) is 0 Å². The smallest absolute Gasteiger partial charge is 0.334 e. The van der Waals surface area contributed by atoms with Gasteiger partial charge in [0.1, 0.15) is 0 Å².